The molecule has 0 aliphatic heterocycles. The maximum Gasteiger partial charge on any atom is 0.142 e. The lowest BCUT2D eigenvalue weighted by Crippen LogP contribution is -2.13. The van der Waals surface area contributed by atoms with Crippen molar-refractivity contribution in [2.45, 2.75) is 51.9 Å². The highest BCUT2D eigenvalue weighted by Crippen LogP contribution is 2.32. The monoisotopic (exact) mass is 371 g/mol. The van der Waals surface area contributed by atoms with Crippen LogP contribution in [0.3, 0.4) is 0 Å². The highest BCUT2D eigenvalue weighted by Gasteiger charge is 2.19. The van der Waals surface area contributed by atoms with Crippen LogP contribution in [0.5, 0.6) is 0 Å². The molecule has 1 nitrogen and oxygen atoms in total. The second-order valence-electron chi connectivity index (χ2n) is 7.34. The zero-order valence-corrected chi connectivity index (χ0v) is 16.2. The molecule has 138 valence electrons. The van der Waals surface area contributed by atoms with Crippen molar-refractivity contribution >= 4 is 11.6 Å². The smallest absolute Gasteiger partial charge is 0.142 e. The first-order valence-electron chi connectivity index (χ1n) is 9.72. The van der Waals surface area contributed by atoms with Crippen molar-refractivity contribution in [3.63, 3.8) is 0 Å². The van der Waals surface area contributed by atoms with Crippen LogP contribution in [0.25, 0.3) is 11.3 Å². The standard InChI is InChI=1S/C23H27ClFN/c1-2-3-4-17-5-7-18(8-6-17)9-10-19-11-14-23(26-16-19)20-12-13-21(24)22(25)15-20/h3-4,11-18H,2,5-10H2,1H3/b4-3+. The van der Waals surface area contributed by atoms with Crippen molar-refractivity contribution < 1.29 is 4.39 Å². The molecular weight excluding hydrogens is 345 g/mol. The summed E-state index contributed by atoms with van der Waals surface area (Å²) in [6.45, 7) is 2.20. The average molecular weight is 372 g/mol. The van der Waals surface area contributed by atoms with Gasteiger partial charge in [-0.15, -0.1) is 0 Å². The van der Waals surface area contributed by atoms with Gasteiger partial charge in [-0.3, -0.25) is 4.98 Å². The summed E-state index contributed by atoms with van der Waals surface area (Å²) in [5, 5.41) is 0.144. The summed E-state index contributed by atoms with van der Waals surface area (Å²) in [6.07, 6.45) is 15.5. The quantitative estimate of drug-likeness (QED) is 0.487. The zero-order valence-electron chi connectivity index (χ0n) is 15.4. The molecule has 0 saturated heterocycles. The van der Waals surface area contributed by atoms with E-state index in [0.717, 1.165) is 35.9 Å². The molecular formula is C23H27ClFN. The van der Waals surface area contributed by atoms with E-state index >= 15 is 0 Å². The van der Waals surface area contributed by atoms with Gasteiger partial charge in [-0.25, -0.2) is 4.39 Å². The highest BCUT2D eigenvalue weighted by atomic mass is 35.5. The summed E-state index contributed by atoms with van der Waals surface area (Å²) < 4.78 is 13.6. The second-order valence-corrected chi connectivity index (χ2v) is 7.74. The highest BCUT2D eigenvalue weighted by molar-refractivity contribution is 6.30. The molecule has 1 heterocycles. The molecule has 3 rings (SSSR count). The molecule has 1 fully saturated rings. The minimum absolute atomic E-state index is 0.144. The van der Waals surface area contributed by atoms with E-state index in [2.05, 4.69) is 30.1 Å². The summed E-state index contributed by atoms with van der Waals surface area (Å²) in [4.78, 5) is 4.51. The van der Waals surface area contributed by atoms with Gasteiger partial charge in [0.15, 0.2) is 0 Å². The van der Waals surface area contributed by atoms with Gasteiger partial charge in [-0.05, 0) is 80.5 Å². The van der Waals surface area contributed by atoms with Gasteiger partial charge >= 0.3 is 0 Å². The van der Waals surface area contributed by atoms with Crippen molar-refractivity contribution in [3.05, 3.63) is 65.1 Å². The molecule has 0 radical (unpaired) electrons. The molecule has 1 aliphatic rings. The van der Waals surface area contributed by atoms with Gasteiger partial charge in [0.05, 0.1) is 10.7 Å². The lowest BCUT2D eigenvalue weighted by Gasteiger charge is -2.26. The molecule has 0 spiro atoms. The Kier molecular flexibility index (Phi) is 6.85. The van der Waals surface area contributed by atoms with Crippen molar-refractivity contribution in [2.75, 3.05) is 0 Å². The van der Waals surface area contributed by atoms with Crippen LogP contribution in [0, 0.1) is 17.7 Å². The van der Waals surface area contributed by atoms with Crippen LogP contribution in [-0.2, 0) is 6.42 Å². The first-order valence-corrected chi connectivity index (χ1v) is 10.1. The average Bonchev–Trinajstić information content (AvgIpc) is 2.68. The fraction of sp³-hybridized carbons (Fsp3) is 0.435. The number of pyridine rings is 1. The molecule has 0 atom stereocenters. The fourth-order valence-electron chi connectivity index (χ4n) is 3.77. The Hall–Kier alpha value is -1.67. The number of rotatable bonds is 6. The Morgan fingerprint density at radius 1 is 1.15 bits per heavy atom. The van der Waals surface area contributed by atoms with Gasteiger partial charge in [0.2, 0.25) is 0 Å². The van der Waals surface area contributed by atoms with Crippen LogP contribution in [0.4, 0.5) is 4.39 Å². The molecule has 0 unspecified atom stereocenters. The van der Waals surface area contributed by atoms with E-state index in [-0.39, 0.29) is 5.02 Å². The van der Waals surface area contributed by atoms with E-state index in [9.17, 15) is 4.39 Å². The van der Waals surface area contributed by atoms with Crippen molar-refractivity contribution in [3.8, 4) is 11.3 Å². The number of nitrogens with zero attached hydrogens (tertiary/aromatic N) is 1. The van der Waals surface area contributed by atoms with Gasteiger partial charge in [0.1, 0.15) is 5.82 Å². The molecule has 0 N–H and O–H groups in total. The first-order chi connectivity index (χ1) is 12.7. The van der Waals surface area contributed by atoms with E-state index in [0.29, 0.717) is 0 Å². The van der Waals surface area contributed by atoms with Gasteiger partial charge in [0.25, 0.3) is 0 Å². The number of hydrogen-bond donors (Lipinski definition) is 0. The Balaban J connectivity index is 1.50. The molecule has 1 aromatic heterocycles. The molecule has 26 heavy (non-hydrogen) atoms. The zero-order chi connectivity index (χ0) is 18.4. The third-order valence-corrected chi connectivity index (χ3v) is 5.72. The summed E-state index contributed by atoms with van der Waals surface area (Å²) in [6, 6.07) is 8.91. The lowest BCUT2D eigenvalue weighted by atomic mass is 9.79. The summed E-state index contributed by atoms with van der Waals surface area (Å²) in [7, 11) is 0. The number of hydrogen-bond acceptors (Lipinski definition) is 1. The third kappa shape index (κ3) is 5.17. The maximum absolute atomic E-state index is 13.6. The molecule has 3 heteroatoms. The number of benzene rings is 1. The Morgan fingerprint density at radius 3 is 2.62 bits per heavy atom. The number of aromatic nitrogens is 1. The molecule has 1 aromatic carbocycles. The second kappa shape index (κ2) is 9.32. The Morgan fingerprint density at radius 2 is 1.96 bits per heavy atom. The van der Waals surface area contributed by atoms with Crippen LogP contribution in [-0.4, -0.2) is 4.98 Å². The van der Waals surface area contributed by atoms with Crippen LogP contribution in [0.1, 0.15) is 51.0 Å². The van der Waals surface area contributed by atoms with Crippen molar-refractivity contribution in [1.29, 1.82) is 0 Å². The van der Waals surface area contributed by atoms with Gasteiger partial charge in [-0.2, -0.15) is 0 Å². The van der Waals surface area contributed by atoms with Crippen LogP contribution >= 0.6 is 11.6 Å². The number of halogens is 2. The minimum atomic E-state index is -0.403. The van der Waals surface area contributed by atoms with Gasteiger partial charge in [-0.1, -0.05) is 42.8 Å². The fourth-order valence-corrected chi connectivity index (χ4v) is 3.88. The summed E-state index contributed by atoms with van der Waals surface area (Å²) in [5.74, 6) is 1.23. The van der Waals surface area contributed by atoms with E-state index in [4.69, 9.17) is 11.6 Å². The van der Waals surface area contributed by atoms with Gasteiger partial charge < -0.3 is 0 Å². The van der Waals surface area contributed by atoms with E-state index < -0.39 is 5.82 Å². The Bertz CT molecular complexity index is 730. The summed E-state index contributed by atoms with van der Waals surface area (Å²) in [5.41, 5.74) is 2.81. The van der Waals surface area contributed by atoms with E-state index in [1.54, 1.807) is 12.1 Å². The molecule has 0 bridgehead atoms. The summed E-state index contributed by atoms with van der Waals surface area (Å²) >= 11 is 5.74. The van der Waals surface area contributed by atoms with E-state index in [1.165, 1.54) is 43.7 Å². The van der Waals surface area contributed by atoms with Gasteiger partial charge in [0, 0.05) is 11.8 Å². The van der Waals surface area contributed by atoms with Crippen LogP contribution < -0.4 is 0 Å². The van der Waals surface area contributed by atoms with Crippen molar-refractivity contribution in [1.82, 2.24) is 4.98 Å². The van der Waals surface area contributed by atoms with Crippen LogP contribution in [0.15, 0.2) is 48.7 Å². The number of allylic oxidation sites excluding steroid dienone is 2. The largest absolute Gasteiger partial charge is 0.256 e. The molecule has 2 aromatic rings. The minimum Gasteiger partial charge on any atom is -0.256 e. The van der Waals surface area contributed by atoms with Crippen LogP contribution in [0.2, 0.25) is 5.02 Å². The molecule has 0 amide bonds. The SMILES string of the molecule is CC/C=C/C1CCC(CCc2ccc(-c3ccc(Cl)c(F)c3)nc2)CC1. The number of aryl methyl sites for hydroxylation is 1. The van der Waals surface area contributed by atoms with E-state index in [1.807, 2.05) is 12.3 Å². The third-order valence-electron chi connectivity index (χ3n) is 5.42. The Labute approximate surface area is 161 Å². The maximum atomic E-state index is 13.6. The molecule has 1 saturated carbocycles. The predicted molar refractivity (Wildman–Crippen MR) is 108 cm³/mol. The first kappa shape index (κ1) is 19.1. The lowest BCUT2D eigenvalue weighted by molar-refractivity contribution is 0.296. The van der Waals surface area contributed by atoms with Crippen molar-refractivity contribution in [2.24, 2.45) is 11.8 Å². The molecule has 1 aliphatic carbocycles. The topological polar surface area (TPSA) is 12.9 Å². The normalized spacial score (nSPS) is 20.6. The predicted octanol–water partition coefficient (Wildman–Crippen LogP) is 7.25.